The summed E-state index contributed by atoms with van der Waals surface area (Å²) in [5.74, 6) is 0. The van der Waals surface area contributed by atoms with Crippen LogP contribution in [0.5, 0.6) is 0 Å². The topological polar surface area (TPSA) is 44.2 Å². The molecule has 13 rings (SSSR count). The average molecular weight is 896 g/mol. The van der Waals surface area contributed by atoms with Gasteiger partial charge in [0.15, 0.2) is 0 Å². The van der Waals surface area contributed by atoms with E-state index in [-0.39, 0.29) is 22.0 Å². The minimum atomic E-state index is -0.417. The first-order valence-corrected chi connectivity index (χ1v) is 23.2. The number of rotatable bonds is 1. The molecule has 4 nitrogen and oxygen atoms in total. The maximum absolute atomic E-state index is 6.35. The van der Waals surface area contributed by atoms with Gasteiger partial charge in [-0.3, -0.25) is 9.97 Å². The number of fused-ring (bicyclic) bond motifs is 18. The molecular formula is C58H48BBrN2O2. The summed E-state index contributed by atoms with van der Waals surface area (Å²) in [7, 11) is -0.417. The van der Waals surface area contributed by atoms with Gasteiger partial charge in [0, 0.05) is 44.3 Å². The van der Waals surface area contributed by atoms with Gasteiger partial charge in [0.05, 0.1) is 22.6 Å². The number of hydrogen-bond acceptors (Lipinski definition) is 4. The molecule has 2 aromatic heterocycles. The lowest BCUT2D eigenvalue weighted by atomic mass is 9.76. The van der Waals surface area contributed by atoms with Crippen LogP contribution >= 0.6 is 15.9 Å². The second kappa shape index (κ2) is 13.6. The van der Waals surface area contributed by atoms with E-state index in [1.807, 2.05) is 12.4 Å². The molecule has 0 atom stereocenters. The summed E-state index contributed by atoms with van der Waals surface area (Å²) in [6, 6.07) is 49.1. The Morgan fingerprint density at radius 1 is 0.391 bits per heavy atom. The molecule has 0 saturated carbocycles. The first kappa shape index (κ1) is 39.7. The molecular weight excluding hydrogens is 847 g/mol. The number of benzene rings is 8. The van der Waals surface area contributed by atoms with Crippen molar-refractivity contribution in [2.24, 2.45) is 0 Å². The zero-order valence-corrected chi connectivity index (χ0v) is 39.1. The van der Waals surface area contributed by atoms with E-state index in [9.17, 15) is 0 Å². The highest BCUT2D eigenvalue weighted by Gasteiger charge is 2.52. The van der Waals surface area contributed by atoms with Gasteiger partial charge >= 0.3 is 7.12 Å². The molecule has 1 aliphatic heterocycles. The zero-order valence-electron chi connectivity index (χ0n) is 37.5. The monoisotopic (exact) mass is 894 g/mol. The van der Waals surface area contributed by atoms with E-state index in [0.717, 1.165) is 21.3 Å². The Hall–Kier alpha value is -5.92. The smallest absolute Gasteiger partial charge is 0.399 e. The summed E-state index contributed by atoms with van der Waals surface area (Å²) in [6.45, 7) is 17.6. The molecule has 10 aromatic rings. The number of halogens is 1. The van der Waals surface area contributed by atoms with E-state index in [4.69, 9.17) is 19.3 Å². The van der Waals surface area contributed by atoms with Crippen LogP contribution < -0.4 is 5.46 Å². The van der Waals surface area contributed by atoms with Crippen LogP contribution in [0.3, 0.4) is 0 Å². The van der Waals surface area contributed by atoms with Gasteiger partial charge in [-0.05, 0) is 161 Å². The Balaban J connectivity index is 0.000000139. The average Bonchev–Trinajstić information content (AvgIpc) is 3.76. The third kappa shape index (κ3) is 5.55. The molecule has 1 saturated heterocycles. The summed E-state index contributed by atoms with van der Waals surface area (Å²) in [6.07, 6.45) is 3.85. The fourth-order valence-electron chi connectivity index (χ4n) is 11.0. The Bertz CT molecular complexity index is 3650. The number of aromatic nitrogens is 2. The fraction of sp³-hybridized carbons (Fsp3) is 0.207. The van der Waals surface area contributed by atoms with E-state index in [2.05, 4.69) is 205 Å². The van der Waals surface area contributed by atoms with Crippen LogP contribution in [0, 0.1) is 0 Å². The number of nitrogens with zero attached hydrogens (tertiary/aromatic N) is 2. The second-order valence-corrected chi connectivity index (χ2v) is 21.0. The minimum absolute atomic E-state index is 0.0671. The van der Waals surface area contributed by atoms with Crippen LogP contribution in [-0.2, 0) is 20.1 Å². The van der Waals surface area contributed by atoms with Crippen LogP contribution in [0.15, 0.2) is 150 Å². The van der Waals surface area contributed by atoms with Crippen molar-refractivity contribution in [2.45, 2.75) is 77.4 Å². The van der Waals surface area contributed by atoms with E-state index < -0.39 is 7.12 Å². The Morgan fingerprint density at radius 3 is 1.11 bits per heavy atom. The molecule has 2 aliphatic carbocycles. The van der Waals surface area contributed by atoms with Crippen molar-refractivity contribution in [1.82, 2.24) is 9.97 Å². The highest BCUT2D eigenvalue weighted by atomic mass is 79.9. The Labute approximate surface area is 382 Å². The van der Waals surface area contributed by atoms with Crippen LogP contribution in [-0.4, -0.2) is 28.3 Å². The molecule has 0 amide bonds. The van der Waals surface area contributed by atoms with Gasteiger partial charge in [-0.2, -0.15) is 0 Å². The quantitative estimate of drug-likeness (QED) is 0.122. The molecule has 0 unspecified atom stereocenters. The SMILES string of the molecule is CC1(C)c2cc3c4ccccc4c4ccccc4c3cc2-c2ncc(B3OC(C)(C)C(C)(C)O3)cc21.CC1(C)c2cc3c4ccccc4c4ccccc4c3cc2-c2ncc(Br)cc21. The third-order valence-corrected chi connectivity index (χ3v) is 15.7. The van der Waals surface area contributed by atoms with Crippen molar-refractivity contribution in [3.05, 3.63) is 173 Å². The highest BCUT2D eigenvalue weighted by molar-refractivity contribution is 9.10. The number of hydrogen-bond donors (Lipinski definition) is 0. The van der Waals surface area contributed by atoms with E-state index in [1.165, 1.54) is 98.0 Å². The van der Waals surface area contributed by atoms with E-state index in [0.29, 0.717) is 0 Å². The molecule has 3 aliphatic rings. The van der Waals surface area contributed by atoms with Crippen molar-refractivity contribution in [3.8, 4) is 22.5 Å². The molecule has 0 bridgehead atoms. The zero-order chi connectivity index (χ0) is 44.1. The summed E-state index contributed by atoms with van der Waals surface area (Å²) in [4.78, 5) is 9.82. The van der Waals surface area contributed by atoms with E-state index >= 15 is 0 Å². The van der Waals surface area contributed by atoms with Gasteiger partial charge in [0.25, 0.3) is 0 Å². The van der Waals surface area contributed by atoms with Gasteiger partial charge in [-0.25, -0.2) is 0 Å². The second-order valence-electron chi connectivity index (χ2n) is 20.1. The van der Waals surface area contributed by atoms with Crippen LogP contribution in [0.25, 0.3) is 87.1 Å². The largest absolute Gasteiger partial charge is 0.496 e. The van der Waals surface area contributed by atoms with Crippen molar-refractivity contribution in [1.29, 1.82) is 0 Å². The molecule has 0 N–H and O–H groups in total. The molecule has 6 heteroatoms. The third-order valence-electron chi connectivity index (χ3n) is 15.3. The van der Waals surface area contributed by atoms with Gasteiger partial charge in [0.2, 0.25) is 0 Å². The fourth-order valence-corrected chi connectivity index (χ4v) is 11.4. The molecule has 8 aromatic carbocycles. The lowest BCUT2D eigenvalue weighted by Crippen LogP contribution is -2.41. The number of pyridine rings is 2. The lowest BCUT2D eigenvalue weighted by molar-refractivity contribution is 0.00578. The molecule has 312 valence electrons. The van der Waals surface area contributed by atoms with Gasteiger partial charge in [-0.1, -0.05) is 131 Å². The first-order chi connectivity index (χ1) is 30.6. The maximum Gasteiger partial charge on any atom is 0.496 e. The summed E-state index contributed by atoms with van der Waals surface area (Å²) in [5, 5.41) is 15.7. The van der Waals surface area contributed by atoms with Crippen molar-refractivity contribution in [2.75, 3.05) is 0 Å². The minimum Gasteiger partial charge on any atom is -0.399 e. The predicted molar refractivity (Wildman–Crippen MR) is 272 cm³/mol. The maximum atomic E-state index is 6.35. The summed E-state index contributed by atoms with van der Waals surface area (Å²) >= 11 is 3.61. The van der Waals surface area contributed by atoms with Crippen LogP contribution in [0.4, 0.5) is 0 Å². The van der Waals surface area contributed by atoms with Crippen molar-refractivity contribution in [3.63, 3.8) is 0 Å². The molecule has 64 heavy (non-hydrogen) atoms. The van der Waals surface area contributed by atoms with Crippen LogP contribution in [0.1, 0.15) is 77.6 Å². The van der Waals surface area contributed by atoms with Gasteiger partial charge in [0.1, 0.15) is 0 Å². The Morgan fingerprint density at radius 2 is 0.719 bits per heavy atom. The Kier molecular flexibility index (Phi) is 8.40. The summed E-state index contributed by atoms with van der Waals surface area (Å²) in [5.41, 5.74) is 9.85. The van der Waals surface area contributed by atoms with Crippen molar-refractivity contribution < 1.29 is 9.31 Å². The standard InChI is InChI=1S/C32H30BNO2.C26H18BrN/c1-30(2)27-17-25-23-14-10-8-12-21(23)20-11-7-9-13-22(20)24(25)16-26(27)29-28(30)15-19(18-34-29)33-35-31(3,4)32(5,6)36-33;1-26(2)23-13-21-19-10-6-4-8-17(19)16-7-3-5-9-18(16)20(21)12-22(23)25-24(26)11-15(27)14-28-25/h7-18H,1-6H3;3-14H,1-2H3. The van der Waals surface area contributed by atoms with E-state index in [1.54, 1.807) is 0 Å². The molecule has 0 radical (unpaired) electrons. The lowest BCUT2D eigenvalue weighted by Gasteiger charge is -2.32. The van der Waals surface area contributed by atoms with Gasteiger partial charge < -0.3 is 9.31 Å². The van der Waals surface area contributed by atoms with Crippen LogP contribution in [0.2, 0.25) is 0 Å². The highest BCUT2D eigenvalue weighted by Crippen LogP contribution is 2.52. The van der Waals surface area contributed by atoms with Crippen molar-refractivity contribution >= 4 is 93.1 Å². The molecule has 1 fully saturated rings. The van der Waals surface area contributed by atoms with Gasteiger partial charge in [-0.15, -0.1) is 0 Å². The molecule has 0 spiro atoms. The summed E-state index contributed by atoms with van der Waals surface area (Å²) < 4.78 is 13.7. The predicted octanol–water partition coefficient (Wildman–Crippen LogP) is 14.8. The first-order valence-electron chi connectivity index (χ1n) is 22.4. The normalized spacial score (nSPS) is 17.2. The molecule has 3 heterocycles.